The highest BCUT2D eigenvalue weighted by Crippen LogP contribution is 2.20. The van der Waals surface area contributed by atoms with Crippen molar-refractivity contribution < 1.29 is 0 Å². The molecule has 0 bridgehead atoms. The molecule has 1 heterocycles. The molecule has 0 fully saturated rings. The third-order valence-corrected chi connectivity index (χ3v) is 2.60. The molecule has 0 spiro atoms. The number of nitrogens with zero attached hydrogens (tertiary/aromatic N) is 2. The molecule has 0 saturated carbocycles. The van der Waals surface area contributed by atoms with Crippen molar-refractivity contribution in [3.05, 3.63) is 34.7 Å². The van der Waals surface area contributed by atoms with Gasteiger partial charge in [0, 0.05) is 22.5 Å². The Kier molecular flexibility index (Phi) is 2.87. The summed E-state index contributed by atoms with van der Waals surface area (Å²) in [5.74, 6) is 0.921. The average Bonchev–Trinajstić information content (AvgIpc) is 2.20. The molecule has 0 aliphatic rings. The van der Waals surface area contributed by atoms with Crippen LogP contribution in [-0.2, 0) is 6.42 Å². The summed E-state index contributed by atoms with van der Waals surface area (Å²) in [7, 11) is 0. The molecule has 2 aromatic rings. The van der Waals surface area contributed by atoms with Gasteiger partial charge in [0.1, 0.15) is 5.82 Å². The van der Waals surface area contributed by atoms with Gasteiger partial charge in [0.2, 0.25) is 0 Å². The van der Waals surface area contributed by atoms with Crippen LogP contribution < -0.4 is 0 Å². The number of aryl methyl sites for hydroxylation is 2. The first-order valence-electron chi connectivity index (χ1n) is 5.13. The van der Waals surface area contributed by atoms with Gasteiger partial charge in [0.15, 0.2) is 0 Å². The van der Waals surface area contributed by atoms with Crippen LogP contribution in [0, 0.1) is 6.92 Å². The molecule has 3 heteroatoms. The lowest BCUT2D eigenvalue weighted by molar-refractivity contribution is 0.836. The first-order valence-corrected chi connectivity index (χ1v) is 5.51. The number of hydrogen-bond donors (Lipinski definition) is 0. The maximum Gasteiger partial charge on any atom is 0.129 e. The Morgan fingerprint density at radius 2 is 2.07 bits per heavy atom. The van der Waals surface area contributed by atoms with Gasteiger partial charge in [0.25, 0.3) is 0 Å². The van der Waals surface area contributed by atoms with Crippen LogP contribution in [0.3, 0.4) is 0 Å². The molecule has 0 N–H and O–H groups in total. The molecule has 78 valence electrons. The van der Waals surface area contributed by atoms with E-state index in [1.165, 1.54) is 0 Å². The number of benzene rings is 1. The molecule has 0 atom stereocenters. The van der Waals surface area contributed by atoms with Crippen molar-refractivity contribution in [1.29, 1.82) is 0 Å². The smallest absolute Gasteiger partial charge is 0.129 e. The van der Waals surface area contributed by atoms with Crippen LogP contribution in [0.5, 0.6) is 0 Å². The first-order chi connectivity index (χ1) is 7.20. The minimum absolute atomic E-state index is 0.734. The van der Waals surface area contributed by atoms with Gasteiger partial charge >= 0.3 is 0 Å². The summed E-state index contributed by atoms with van der Waals surface area (Å²) < 4.78 is 0. The first kappa shape index (κ1) is 10.4. The SMILES string of the molecule is CCCc1nc(C)c2cc(Cl)ccc2n1. The maximum absolute atomic E-state index is 5.94. The summed E-state index contributed by atoms with van der Waals surface area (Å²) in [6.45, 7) is 4.13. The van der Waals surface area contributed by atoms with Crippen LogP contribution >= 0.6 is 11.6 Å². The van der Waals surface area contributed by atoms with Crippen LogP contribution in [0.15, 0.2) is 18.2 Å². The molecule has 1 aromatic heterocycles. The van der Waals surface area contributed by atoms with Crippen molar-refractivity contribution in [3.63, 3.8) is 0 Å². The van der Waals surface area contributed by atoms with Crippen LogP contribution in [0.1, 0.15) is 24.9 Å². The van der Waals surface area contributed by atoms with E-state index in [-0.39, 0.29) is 0 Å². The summed E-state index contributed by atoms with van der Waals surface area (Å²) in [6.07, 6.45) is 2.00. The summed E-state index contributed by atoms with van der Waals surface area (Å²) in [6, 6.07) is 5.74. The number of rotatable bonds is 2. The number of fused-ring (bicyclic) bond motifs is 1. The van der Waals surface area contributed by atoms with E-state index in [4.69, 9.17) is 11.6 Å². The second-order valence-corrected chi connectivity index (χ2v) is 4.07. The highest BCUT2D eigenvalue weighted by Gasteiger charge is 2.04. The fourth-order valence-electron chi connectivity index (χ4n) is 1.65. The van der Waals surface area contributed by atoms with E-state index in [9.17, 15) is 0 Å². The lowest BCUT2D eigenvalue weighted by atomic mass is 10.2. The van der Waals surface area contributed by atoms with Gasteiger partial charge in [-0.1, -0.05) is 18.5 Å². The Morgan fingerprint density at radius 1 is 1.27 bits per heavy atom. The van der Waals surface area contributed by atoms with Crippen molar-refractivity contribution >= 4 is 22.5 Å². The third-order valence-electron chi connectivity index (χ3n) is 2.37. The fourth-order valence-corrected chi connectivity index (χ4v) is 1.82. The summed E-state index contributed by atoms with van der Waals surface area (Å²) in [5, 5.41) is 1.78. The Balaban J connectivity index is 2.62. The summed E-state index contributed by atoms with van der Waals surface area (Å²) in [4.78, 5) is 8.96. The Hall–Kier alpha value is -1.15. The third kappa shape index (κ3) is 2.10. The number of halogens is 1. The molecule has 1 aromatic carbocycles. The van der Waals surface area contributed by atoms with Crippen molar-refractivity contribution in [2.45, 2.75) is 26.7 Å². The van der Waals surface area contributed by atoms with E-state index >= 15 is 0 Å². The predicted octanol–water partition coefficient (Wildman–Crippen LogP) is 3.54. The van der Waals surface area contributed by atoms with Gasteiger partial charge in [-0.25, -0.2) is 9.97 Å². The van der Waals surface area contributed by atoms with E-state index in [2.05, 4.69) is 16.9 Å². The minimum Gasteiger partial charge on any atom is -0.238 e. The van der Waals surface area contributed by atoms with E-state index in [1.54, 1.807) is 0 Å². The molecular formula is C12H13ClN2. The van der Waals surface area contributed by atoms with Gasteiger partial charge in [-0.2, -0.15) is 0 Å². The zero-order valence-electron chi connectivity index (χ0n) is 8.92. The monoisotopic (exact) mass is 220 g/mol. The fraction of sp³-hybridized carbons (Fsp3) is 0.333. The van der Waals surface area contributed by atoms with E-state index in [1.807, 2.05) is 25.1 Å². The average molecular weight is 221 g/mol. The van der Waals surface area contributed by atoms with Crippen LogP contribution in [0.4, 0.5) is 0 Å². The zero-order valence-corrected chi connectivity index (χ0v) is 9.67. The van der Waals surface area contributed by atoms with Crippen molar-refractivity contribution in [3.8, 4) is 0 Å². The topological polar surface area (TPSA) is 25.8 Å². The lowest BCUT2D eigenvalue weighted by Gasteiger charge is -2.04. The van der Waals surface area contributed by atoms with Crippen LogP contribution in [0.2, 0.25) is 5.02 Å². The van der Waals surface area contributed by atoms with Crippen molar-refractivity contribution in [2.24, 2.45) is 0 Å². The van der Waals surface area contributed by atoms with Gasteiger partial charge in [0.05, 0.1) is 5.52 Å². The van der Waals surface area contributed by atoms with Gasteiger partial charge < -0.3 is 0 Å². The van der Waals surface area contributed by atoms with E-state index in [0.717, 1.165) is 40.3 Å². The van der Waals surface area contributed by atoms with Crippen molar-refractivity contribution in [1.82, 2.24) is 9.97 Å². The zero-order chi connectivity index (χ0) is 10.8. The standard InChI is InChI=1S/C12H13ClN2/c1-3-4-12-14-8(2)10-7-9(13)5-6-11(10)15-12/h5-7H,3-4H2,1-2H3. The second-order valence-electron chi connectivity index (χ2n) is 3.64. The van der Waals surface area contributed by atoms with Crippen LogP contribution in [0.25, 0.3) is 10.9 Å². The second kappa shape index (κ2) is 4.15. The molecular weight excluding hydrogens is 208 g/mol. The maximum atomic E-state index is 5.94. The molecule has 0 radical (unpaired) electrons. The van der Waals surface area contributed by atoms with Gasteiger partial charge in [-0.3, -0.25) is 0 Å². The molecule has 0 unspecified atom stereocenters. The largest absolute Gasteiger partial charge is 0.238 e. The Morgan fingerprint density at radius 3 is 2.80 bits per heavy atom. The number of aromatic nitrogens is 2. The molecule has 0 saturated heterocycles. The van der Waals surface area contributed by atoms with Gasteiger partial charge in [-0.05, 0) is 31.5 Å². The quantitative estimate of drug-likeness (QED) is 0.774. The highest BCUT2D eigenvalue weighted by molar-refractivity contribution is 6.31. The highest BCUT2D eigenvalue weighted by atomic mass is 35.5. The predicted molar refractivity (Wildman–Crippen MR) is 63.3 cm³/mol. The molecule has 0 aliphatic heterocycles. The molecule has 0 aliphatic carbocycles. The van der Waals surface area contributed by atoms with E-state index in [0.29, 0.717) is 0 Å². The molecule has 0 amide bonds. The molecule has 15 heavy (non-hydrogen) atoms. The Labute approximate surface area is 94.3 Å². The minimum atomic E-state index is 0.734. The summed E-state index contributed by atoms with van der Waals surface area (Å²) in [5.41, 5.74) is 1.99. The van der Waals surface area contributed by atoms with Crippen molar-refractivity contribution in [2.75, 3.05) is 0 Å². The van der Waals surface area contributed by atoms with E-state index < -0.39 is 0 Å². The Bertz CT molecular complexity index is 494. The molecule has 2 rings (SSSR count). The lowest BCUT2D eigenvalue weighted by Crippen LogP contribution is -1.97. The normalized spacial score (nSPS) is 10.9. The number of hydrogen-bond acceptors (Lipinski definition) is 2. The van der Waals surface area contributed by atoms with Gasteiger partial charge in [-0.15, -0.1) is 0 Å². The summed E-state index contributed by atoms with van der Waals surface area (Å²) >= 11 is 5.94. The molecule has 2 nitrogen and oxygen atoms in total. The van der Waals surface area contributed by atoms with Crippen LogP contribution in [-0.4, -0.2) is 9.97 Å².